The normalized spacial score (nSPS) is 18.9. The van der Waals surface area contributed by atoms with Crippen LogP contribution in [0.2, 0.25) is 0 Å². The second-order valence-electron chi connectivity index (χ2n) is 6.96. The fraction of sp³-hybridized carbons (Fsp3) is 0.526. The lowest BCUT2D eigenvalue weighted by atomic mass is 10.2. The first kappa shape index (κ1) is 18.0. The predicted octanol–water partition coefficient (Wildman–Crippen LogP) is 2.50. The lowest BCUT2D eigenvalue weighted by Gasteiger charge is -2.35. The number of pyridine rings is 1. The molecule has 1 aliphatic carbocycles. The molecule has 2 fully saturated rings. The third-order valence-corrected chi connectivity index (χ3v) is 5.97. The van der Waals surface area contributed by atoms with Crippen LogP contribution in [0.1, 0.15) is 31.2 Å². The lowest BCUT2D eigenvalue weighted by molar-refractivity contribution is 0.199. The van der Waals surface area contributed by atoms with Crippen LogP contribution in [0.4, 0.5) is 5.13 Å². The molecule has 0 atom stereocenters. The summed E-state index contributed by atoms with van der Waals surface area (Å²) in [5.41, 5.74) is 7.25. The summed E-state index contributed by atoms with van der Waals surface area (Å²) >= 11 is 1.67. The van der Waals surface area contributed by atoms with Gasteiger partial charge < -0.3 is 20.3 Å². The molecule has 27 heavy (non-hydrogen) atoms. The molecule has 0 unspecified atom stereocenters. The first-order chi connectivity index (χ1) is 13.3. The van der Waals surface area contributed by atoms with E-state index < -0.39 is 0 Å². The van der Waals surface area contributed by atoms with E-state index in [0.717, 1.165) is 49.7 Å². The van der Waals surface area contributed by atoms with E-state index in [9.17, 15) is 0 Å². The largest absolute Gasteiger partial charge is 0.474 e. The molecule has 0 aromatic carbocycles. The van der Waals surface area contributed by atoms with Crippen molar-refractivity contribution in [1.29, 1.82) is 0 Å². The second-order valence-corrected chi connectivity index (χ2v) is 7.83. The minimum absolute atomic E-state index is 0.291. The second kappa shape index (κ2) is 8.56. The van der Waals surface area contributed by atoms with Crippen LogP contribution in [0.5, 0.6) is 5.88 Å². The van der Waals surface area contributed by atoms with Gasteiger partial charge in [0, 0.05) is 49.5 Å². The van der Waals surface area contributed by atoms with Gasteiger partial charge in [-0.1, -0.05) is 6.07 Å². The number of guanidine groups is 1. The summed E-state index contributed by atoms with van der Waals surface area (Å²) in [6.07, 6.45) is 8.63. The van der Waals surface area contributed by atoms with Crippen LogP contribution < -0.4 is 15.4 Å². The van der Waals surface area contributed by atoms with Gasteiger partial charge in [-0.05, 0) is 31.7 Å². The Morgan fingerprint density at radius 2 is 2.00 bits per heavy atom. The number of anilines is 1. The van der Waals surface area contributed by atoms with Gasteiger partial charge >= 0.3 is 0 Å². The molecule has 0 spiro atoms. The Morgan fingerprint density at radius 1 is 1.19 bits per heavy atom. The molecule has 1 saturated carbocycles. The third-order valence-electron chi connectivity index (χ3n) is 5.14. The van der Waals surface area contributed by atoms with Crippen molar-refractivity contribution in [3.63, 3.8) is 0 Å². The monoisotopic (exact) mass is 386 g/mol. The molecule has 4 rings (SSSR count). The number of nitrogens with zero attached hydrogens (tertiary/aromatic N) is 5. The average Bonchev–Trinajstić information content (AvgIpc) is 3.41. The maximum absolute atomic E-state index is 6.26. The lowest BCUT2D eigenvalue weighted by Crippen LogP contribution is -2.51. The van der Waals surface area contributed by atoms with E-state index in [-0.39, 0.29) is 0 Å². The molecule has 7 nitrogen and oxygen atoms in total. The van der Waals surface area contributed by atoms with Crippen LogP contribution in [-0.2, 0) is 6.54 Å². The Bertz CT molecular complexity index is 751. The maximum atomic E-state index is 6.26. The Labute approximate surface area is 163 Å². The summed E-state index contributed by atoms with van der Waals surface area (Å²) in [5, 5.41) is 3.09. The van der Waals surface area contributed by atoms with Crippen molar-refractivity contribution in [3.05, 3.63) is 35.5 Å². The van der Waals surface area contributed by atoms with Crippen LogP contribution in [0.25, 0.3) is 0 Å². The van der Waals surface area contributed by atoms with E-state index >= 15 is 0 Å². The summed E-state index contributed by atoms with van der Waals surface area (Å²) in [4.78, 5) is 17.8. The number of hydrogen-bond donors (Lipinski definition) is 1. The van der Waals surface area contributed by atoms with Crippen LogP contribution in [0.3, 0.4) is 0 Å². The van der Waals surface area contributed by atoms with Crippen LogP contribution >= 0.6 is 11.3 Å². The Morgan fingerprint density at radius 3 is 2.74 bits per heavy atom. The molecule has 3 heterocycles. The van der Waals surface area contributed by atoms with Gasteiger partial charge in [0.05, 0.1) is 6.54 Å². The van der Waals surface area contributed by atoms with Crippen molar-refractivity contribution in [3.8, 4) is 5.88 Å². The van der Waals surface area contributed by atoms with E-state index in [1.54, 1.807) is 17.5 Å². The molecular weight excluding hydrogens is 360 g/mol. The molecule has 1 aliphatic heterocycles. The van der Waals surface area contributed by atoms with Gasteiger partial charge in [0.25, 0.3) is 0 Å². The molecule has 8 heteroatoms. The van der Waals surface area contributed by atoms with Crippen molar-refractivity contribution in [2.45, 2.75) is 38.3 Å². The molecule has 2 aromatic heterocycles. The zero-order valence-corrected chi connectivity index (χ0v) is 16.3. The van der Waals surface area contributed by atoms with E-state index in [1.807, 2.05) is 23.7 Å². The number of thiazole rings is 1. The van der Waals surface area contributed by atoms with Crippen LogP contribution in [0.15, 0.2) is 34.9 Å². The minimum Gasteiger partial charge on any atom is -0.474 e. The summed E-state index contributed by atoms with van der Waals surface area (Å²) in [5.74, 6) is 1.29. The predicted molar refractivity (Wildman–Crippen MR) is 108 cm³/mol. The highest BCUT2D eigenvalue weighted by Gasteiger charge is 2.21. The van der Waals surface area contributed by atoms with Crippen molar-refractivity contribution in [1.82, 2.24) is 14.9 Å². The summed E-state index contributed by atoms with van der Waals surface area (Å²) in [6, 6.07) is 3.95. The molecule has 2 aromatic rings. The SMILES string of the molecule is NC(=NCc1cccnc1OC1CCCC1)N1CCN(c2nccs2)CC1. The number of rotatable bonds is 5. The molecular formula is C19H26N6OS. The fourth-order valence-corrected chi connectivity index (χ4v) is 4.28. The standard InChI is InChI=1S/C19H26N6OS/c20-18(24-9-11-25(12-10-24)19-22-8-13-27-19)23-14-15-4-3-7-21-17(15)26-16-5-1-2-6-16/h3-4,7-8,13,16H,1-2,5-6,9-12,14H2,(H2,20,23). The Kier molecular flexibility index (Phi) is 5.72. The number of aromatic nitrogens is 2. The molecule has 2 N–H and O–H groups in total. The number of aliphatic imine (C=N–C) groups is 1. The highest BCUT2D eigenvalue weighted by molar-refractivity contribution is 7.13. The van der Waals surface area contributed by atoms with Crippen molar-refractivity contribution < 1.29 is 4.74 Å². The quantitative estimate of drug-likeness (QED) is 0.628. The van der Waals surface area contributed by atoms with Gasteiger partial charge in [-0.3, -0.25) is 0 Å². The number of hydrogen-bond acceptors (Lipinski definition) is 6. The third kappa shape index (κ3) is 4.50. The zero-order chi connectivity index (χ0) is 18.5. The molecule has 144 valence electrons. The molecule has 2 aliphatic rings. The first-order valence-electron chi connectivity index (χ1n) is 9.59. The Hall–Kier alpha value is -2.35. The van der Waals surface area contributed by atoms with Gasteiger partial charge in [0.15, 0.2) is 11.1 Å². The van der Waals surface area contributed by atoms with E-state index in [2.05, 4.69) is 24.8 Å². The van der Waals surface area contributed by atoms with E-state index in [4.69, 9.17) is 10.5 Å². The fourth-order valence-electron chi connectivity index (χ4n) is 3.58. The Balaban J connectivity index is 1.34. The van der Waals surface area contributed by atoms with E-state index in [1.165, 1.54) is 12.8 Å². The van der Waals surface area contributed by atoms with Gasteiger partial charge in [-0.15, -0.1) is 11.3 Å². The van der Waals surface area contributed by atoms with Crippen LogP contribution in [-0.4, -0.2) is 53.1 Å². The van der Waals surface area contributed by atoms with Crippen LogP contribution in [0, 0.1) is 0 Å². The minimum atomic E-state index is 0.291. The summed E-state index contributed by atoms with van der Waals surface area (Å²) < 4.78 is 6.09. The first-order valence-corrected chi connectivity index (χ1v) is 10.5. The highest BCUT2D eigenvalue weighted by atomic mass is 32.1. The number of ether oxygens (including phenoxy) is 1. The average molecular weight is 387 g/mol. The van der Waals surface area contributed by atoms with Crippen molar-refractivity contribution >= 4 is 22.4 Å². The van der Waals surface area contributed by atoms with Crippen molar-refractivity contribution in [2.75, 3.05) is 31.1 Å². The summed E-state index contributed by atoms with van der Waals surface area (Å²) in [6.45, 7) is 4.02. The zero-order valence-electron chi connectivity index (χ0n) is 15.5. The van der Waals surface area contributed by atoms with Gasteiger partial charge in [0.2, 0.25) is 5.88 Å². The van der Waals surface area contributed by atoms with Gasteiger partial charge in [-0.2, -0.15) is 0 Å². The van der Waals surface area contributed by atoms with Gasteiger partial charge in [0.1, 0.15) is 6.10 Å². The number of piperazine rings is 1. The van der Waals surface area contributed by atoms with Crippen molar-refractivity contribution in [2.24, 2.45) is 10.7 Å². The topological polar surface area (TPSA) is 79.9 Å². The summed E-state index contributed by atoms with van der Waals surface area (Å²) in [7, 11) is 0. The molecule has 0 radical (unpaired) electrons. The molecule has 0 bridgehead atoms. The smallest absolute Gasteiger partial charge is 0.218 e. The molecule has 1 saturated heterocycles. The highest BCUT2D eigenvalue weighted by Crippen LogP contribution is 2.25. The van der Waals surface area contributed by atoms with E-state index in [0.29, 0.717) is 24.5 Å². The number of nitrogens with two attached hydrogens (primary N) is 1. The molecule has 0 amide bonds. The van der Waals surface area contributed by atoms with Gasteiger partial charge in [-0.25, -0.2) is 15.0 Å². The maximum Gasteiger partial charge on any atom is 0.218 e.